The fourth-order valence-electron chi connectivity index (χ4n) is 2.20. The number of piperidine rings is 1. The van der Waals surface area contributed by atoms with Gasteiger partial charge in [0, 0.05) is 19.1 Å². The first-order valence-corrected chi connectivity index (χ1v) is 6.82. The molecule has 2 N–H and O–H groups in total. The number of amides is 1. The number of carbonyl (C=O) groups is 2. The van der Waals surface area contributed by atoms with Crippen LogP contribution in [0.15, 0.2) is 12.7 Å². The van der Waals surface area contributed by atoms with Gasteiger partial charge in [-0.25, -0.2) is 4.79 Å². The smallest absolute Gasteiger partial charge is 0.407 e. The van der Waals surface area contributed by atoms with Crippen LogP contribution < -0.4 is 5.32 Å². The first-order valence-electron chi connectivity index (χ1n) is 6.82. The van der Waals surface area contributed by atoms with Gasteiger partial charge in [0.25, 0.3) is 0 Å². The fraction of sp³-hybridized carbons (Fsp3) is 0.714. The number of ether oxygens (including phenoxy) is 1. The summed E-state index contributed by atoms with van der Waals surface area (Å²) in [6.07, 6.45) is 2.42. The number of hydrogen-bond acceptors (Lipinski definition) is 4. The summed E-state index contributed by atoms with van der Waals surface area (Å²) in [6.45, 7) is 10.2. The lowest BCUT2D eigenvalue weighted by molar-refractivity contribution is -0.141. The lowest BCUT2D eigenvalue weighted by Crippen LogP contribution is -2.50. The number of likely N-dealkylation sites (tertiary alicyclic amines) is 1. The van der Waals surface area contributed by atoms with Gasteiger partial charge < -0.3 is 15.2 Å². The minimum absolute atomic E-state index is 0.0281. The normalized spacial score (nSPS) is 19.1. The van der Waals surface area contributed by atoms with E-state index in [1.54, 1.807) is 0 Å². The number of carboxylic acid groups (broad SMARTS) is 1. The summed E-state index contributed by atoms with van der Waals surface area (Å²) >= 11 is 0. The van der Waals surface area contributed by atoms with Crippen LogP contribution in [0.25, 0.3) is 0 Å². The molecule has 0 aromatic heterocycles. The molecular weight excluding hydrogens is 260 g/mol. The van der Waals surface area contributed by atoms with Gasteiger partial charge in [-0.2, -0.15) is 0 Å². The third-order valence-electron chi connectivity index (χ3n) is 3.12. The second-order valence-corrected chi connectivity index (χ2v) is 5.98. The molecule has 1 atom stereocenters. The Morgan fingerprint density at radius 3 is 2.35 bits per heavy atom. The number of nitrogens with one attached hydrogen (secondary N) is 1. The summed E-state index contributed by atoms with van der Waals surface area (Å²) in [7, 11) is 0. The number of nitrogens with zero attached hydrogens (tertiary/aromatic N) is 1. The zero-order valence-corrected chi connectivity index (χ0v) is 12.4. The molecule has 1 heterocycles. The van der Waals surface area contributed by atoms with E-state index in [1.807, 2.05) is 25.7 Å². The van der Waals surface area contributed by atoms with Gasteiger partial charge in [0.2, 0.25) is 0 Å². The summed E-state index contributed by atoms with van der Waals surface area (Å²) < 4.78 is 5.20. The van der Waals surface area contributed by atoms with Crippen LogP contribution in [0.5, 0.6) is 0 Å². The minimum atomic E-state index is -0.890. The van der Waals surface area contributed by atoms with Crippen LogP contribution in [0.1, 0.15) is 33.6 Å². The minimum Gasteiger partial charge on any atom is -0.480 e. The van der Waals surface area contributed by atoms with Crippen LogP contribution in [0.3, 0.4) is 0 Å². The number of aliphatic carboxylic acids is 1. The highest BCUT2D eigenvalue weighted by atomic mass is 16.6. The van der Waals surface area contributed by atoms with Gasteiger partial charge in [-0.15, -0.1) is 6.58 Å². The van der Waals surface area contributed by atoms with E-state index in [2.05, 4.69) is 11.9 Å². The maximum absolute atomic E-state index is 11.6. The Kier molecular flexibility index (Phi) is 5.56. The van der Waals surface area contributed by atoms with E-state index in [4.69, 9.17) is 9.84 Å². The van der Waals surface area contributed by atoms with Crippen molar-refractivity contribution in [2.24, 2.45) is 0 Å². The Bertz CT molecular complexity index is 368. The second kappa shape index (κ2) is 6.74. The maximum atomic E-state index is 11.6. The fourth-order valence-corrected chi connectivity index (χ4v) is 2.20. The van der Waals surface area contributed by atoms with E-state index < -0.39 is 23.7 Å². The summed E-state index contributed by atoms with van der Waals surface area (Å²) in [6, 6.07) is -0.627. The average molecular weight is 284 g/mol. The Labute approximate surface area is 119 Å². The average Bonchev–Trinajstić information content (AvgIpc) is 2.29. The first kappa shape index (κ1) is 16.5. The predicted molar refractivity (Wildman–Crippen MR) is 75.6 cm³/mol. The van der Waals surface area contributed by atoms with E-state index in [9.17, 15) is 9.59 Å². The monoisotopic (exact) mass is 284 g/mol. The summed E-state index contributed by atoms with van der Waals surface area (Å²) in [5, 5.41) is 11.9. The van der Waals surface area contributed by atoms with Crippen molar-refractivity contribution in [3.05, 3.63) is 12.7 Å². The van der Waals surface area contributed by atoms with Crippen LogP contribution in [-0.4, -0.2) is 52.8 Å². The third-order valence-corrected chi connectivity index (χ3v) is 3.12. The number of carboxylic acids is 1. The molecule has 0 radical (unpaired) electrons. The molecule has 0 aromatic rings. The topological polar surface area (TPSA) is 78.9 Å². The molecule has 0 aromatic carbocycles. The molecule has 1 amide bonds. The van der Waals surface area contributed by atoms with Crippen molar-refractivity contribution in [3.63, 3.8) is 0 Å². The van der Waals surface area contributed by atoms with Gasteiger partial charge in [-0.05, 0) is 33.6 Å². The molecule has 1 unspecified atom stereocenters. The van der Waals surface area contributed by atoms with E-state index in [0.717, 1.165) is 0 Å². The molecule has 6 heteroatoms. The van der Waals surface area contributed by atoms with Crippen molar-refractivity contribution in [3.8, 4) is 0 Å². The van der Waals surface area contributed by atoms with Crippen molar-refractivity contribution in [1.29, 1.82) is 0 Å². The van der Waals surface area contributed by atoms with Crippen LogP contribution in [0, 0.1) is 0 Å². The molecule has 0 saturated carbocycles. The number of hydrogen-bond donors (Lipinski definition) is 2. The second-order valence-electron chi connectivity index (χ2n) is 5.98. The Balaban J connectivity index is 2.41. The highest BCUT2D eigenvalue weighted by Crippen LogP contribution is 2.15. The lowest BCUT2D eigenvalue weighted by Gasteiger charge is -2.34. The van der Waals surface area contributed by atoms with Crippen LogP contribution in [-0.2, 0) is 9.53 Å². The zero-order chi connectivity index (χ0) is 15.3. The predicted octanol–water partition coefficient (Wildman–Crippen LogP) is 1.61. The molecule has 114 valence electrons. The van der Waals surface area contributed by atoms with E-state index in [1.165, 1.54) is 6.08 Å². The summed E-state index contributed by atoms with van der Waals surface area (Å²) in [5.74, 6) is -0.890. The maximum Gasteiger partial charge on any atom is 0.407 e. The number of alkyl carbamates (subject to hydrolysis) is 1. The molecule has 0 aliphatic carbocycles. The largest absolute Gasteiger partial charge is 0.480 e. The van der Waals surface area contributed by atoms with Crippen LogP contribution in [0.4, 0.5) is 4.79 Å². The summed E-state index contributed by atoms with van der Waals surface area (Å²) in [4.78, 5) is 24.5. The Morgan fingerprint density at radius 1 is 1.40 bits per heavy atom. The number of carbonyl (C=O) groups excluding carboxylic acids is 1. The van der Waals surface area contributed by atoms with E-state index in [-0.39, 0.29) is 6.04 Å². The molecule has 1 saturated heterocycles. The number of rotatable bonds is 4. The Hall–Kier alpha value is -1.56. The van der Waals surface area contributed by atoms with Crippen molar-refractivity contribution in [2.45, 2.75) is 51.3 Å². The molecule has 1 rings (SSSR count). The van der Waals surface area contributed by atoms with E-state index in [0.29, 0.717) is 25.9 Å². The van der Waals surface area contributed by atoms with Gasteiger partial charge in [-0.3, -0.25) is 9.69 Å². The Morgan fingerprint density at radius 2 is 1.95 bits per heavy atom. The van der Waals surface area contributed by atoms with Gasteiger partial charge in [0.15, 0.2) is 0 Å². The molecule has 1 aliphatic heterocycles. The molecule has 0 spiro atoms. The van der Waals surface area contributed by atoms with Crippen molar-refractivity contribution >= 4 is 12.1 Å². The standard InChI is InChI=1S/C14H24N2O4/c1-5-11(12(17)18)16-8-6-10(7-9-16)15-13(19)20-14(2,3)4/h5,10-11H,1,6-9H2,2-4H3,(H,15,19)(H,17,18). The molecule has 1 aliphatic rings. The zero-order valence-electron chi connectivity index (χ0n) is 12.4. The molecule has 6 nitrogen and oxygen atoms in total. The lowest BCUT2D eigenvalue weighted by atomic mass is 10.0. The van der Waals surface area contributed by atoms with Crippen molar-refractivity contribution in [1.82, 2.24) is 10.2 Å². The van der Waals surface area contributed by atoms with Crippen LogP contribution in [0.2, 0.25) is 0 Å². The first-order chi connectivity index (χ1) is 9.23. The molecule has 0 bridgehead atoms. The van der Waals surface area contributed by atoms with Gasteiger partial charge in [0.05, 0.1) is 0 Å². The third kappa shape index (κ3) is 5.21. The van der Waals surface area contributed by atoms with Crippen molar-refractivity contribution in [2.75, 3.05) is 13.1 Å². The summed E-state index contributed by atoms with van der Waals surface area (Å²) in [5.41, 5.74) is -0.512. The quantitative estimate of drug-likeness (QED) is 0.767. The van der Waals surface area contributed by atoms with Crippen LogP contribution >= 0.6 is 0 Å². The molecular formula is C14H24N2O4. The van der Waals surface area contributed by atoms with Crippen molar-refractivity contribution < 1.29 is 19.4 Å². The molecule has 1 fully saturated rings. The van der Waals surface area contributed by atoms with Gasteiger partial charge >= 0.3 is 12.1 Å². The highest BCUT2D eigenvalue weighted by Gasteiger charge is 2.28. The van der Waals surface area contributed by atoms with Gasteiger partial charge in [-0.1, -0.05) is 6.08 Å². The van der Waals surface area contributed by atoms with Gasteiger partial charge in [0.1, 0.15) is 11.6 Å². The molecule has 20 heavy (non-hydrogen) atoms. The highest BCUT2D eigenvalue weighted by molar-refractivity contribution is 5.75. The van der Waals surface area contributed by atoms with E-state index >= 15 is 0 Å². The SMILES string of the molecule is C=CC(C(=O)O)N1CCC(NC(=O)OC(C)(C)C)CC1.